The maximum Gasteiger partial charge on any atom is 0.321 e. The van der Waals surface area contributed by atoms with E-state index >= 15 is 0 Å². The van der Waals surface area contributed by atoms with Gasteiger partial charge in [0, 0.05) is 0 Å². The van der Waals surface area contributed by atoms with Gasteiger partial charge in [-0.15, -0.1) is 0 Å². The zero-order valence-corrected chi connectivity index (χ0v) is 10.2. The monoisotopic (exact) mass is 261 g/mol. The first-order chi connectivity index (χ1) is 8.69. The van der Waals surface area contributed by atoms with Crippen LogP contribution in [0.2, 0.25) is 5.02 Å². The summed E-state index contributed by atoms with van der Waals surface area (Å²) in [7, 11) is 0. The van der Waals surface area contributed by atoms with E-state index in [0.717, 1.165) is 5.56 Å². The van der Waals surface area contributed by atoms with Crippen molar-refractivity contribution in [1.29, 1.82) is 0 Å². The maximum atomic E-state index is 10.1. The summed E-state index contributed by atoms with van der Waals surface area (Å²) in [6, 6.07) is 5.23. The Labute approximate surface area is 108 Å². The Hall–Kier alpha value is -2.23. The van der Waals surface area contributed by atoms with Crippen molar-refractivity contribution in [1.82, 2.24) is 9.97 Å². The van der Waals surface area contributed by atoms with Crippen LogP contribution < -0.4 is 4.74 Å². The van der Waals surface area contributed by atoms with E-state index < -0.39 is 0 Å². The SMILES string of the molecule is Cc1cc(N=C=O)ccc1Oc1ncc(Cl)cn1. The van der Waals surface area contributed by atoms with Crippen LogP contribution in [0.3, 0.4) is 0 Å². The number of isocyanates is 1. The van der Waals surface area contributed by atoms with Gasteiger partial charge in [0.1, 0.15) is 5.75 Å². The van der Waals surface area contributed by atoms with Crippen LogP contribution in [-0.4, -0.2) is 16.0 Å². The highest BCUT2D eigenvalue weighted by molar-refractivity contribution is 6.30. The molecular formula is C12H8ClN3O2. The number of ether oxygens (including phenoxy) is 1. The highest BCUT2D eigenvalue weighted by Gasteiger charge is 2.04. The van der Waals surface area contributed by atoms with Gasteiger partial charge in [0.25, 0.3) is 0 Å². The van der Waals surface area contributed by atoms with Crippen LogP contribution in [0.15, 0.2) is 35.6 Å². The van der Waals surface area contributed by atoms with Crippen LogP contribution in [0.4, 0.5) is 5.69 Å². The fourth-order valence-electron chi connectivity index (χ4n) is 1.32. The lowest BCUT2D eigenvalue weighted by Gasteiger charge is -2.06. The van der Waals surface area contributed by atoms with Gasteiger partial charge in [-0.1, -0.05) is 11.6 Å². The number of benzene rings is 1. The van der Waals surface area contributed by atoms with Crippen molar-refractivity contribution >= 4 is 23.4 Å². The molecule has 0 bridgehead atoms. The molecule has 0 amide bonds. The molecule has 1 aromatic heterocycles. The molecule has 1 aromatic carbocycles. The molecule has 2 aromatic rings. The van der Waals surface area contributed by atoms with Crippen LogP contribution in [0.1, 0.15) is 5.56 Å². The molecule has 0 spiro atoms. The minimum Gasteiger partial charge on any atom is -0.424 e. The molecular weight excluding hydrogens is 254 g/mol. The molecule has 0 aliphatic rings. The number of hydrogen-bond acceptors (Lipinski definition) is 5. The molecule has 0 N–H and O–H groups in total. The number of halogens is 1. The highest BCUT2D eigenvalue weighted by atomic mass is 35.5. The Morgan fingerprint density at radius 2 is 2.06 bits per heavy atom. The molecule has 5 nitrogen and oxygen atoms in total. The molecule has 0 aliphatic heterocycles. The number of rotatable bonds is 3. The summed E-state index contributed by atoms with van der Waals surface area (Å²) in [6.07, 6.45) is 4.38. The third kappa shape index (κ3) is 2.91. The van der Waals surface area contributed by atoms with Crippen molar-refractivity contribution < 1.29 is 9.53 Å². The number of aryl methyl sites for hydroxylation is 1. The summed E-state index contributed by atoms with van der Waals surface area (Å²) >= 11 is 5.67. The molecule has 0 radical (unpaired) electrons. The second kappa shape index (κ2) is 5.40. The first-order valence-electron chi connectivity index (χ1n) is 5.03. The molecule has 0 fully saturated rings. The maximum absolute atomic E-state index is 10.1. The smallest absolute Gasteiger partial charge is 0.321 e. The second-order valence-electron chi connectivity index (χ2n) is 3.44. The Morgan fingerprint density at radius 3 is 2.67 bits per heavy atom. The van der Waals surface area contributed by atoms with E-state index in [1.165, 1.54) is 18.5 Å². The van der Waals surface area contributed by atoms with E-state index in [4.69, 9.17) is 16.3 Å². The Balaban J connectivity index is 2.24. The topological polar surface area (TPSA) is 64.4 Å². The van der Waals surface area contributed by atoms with Gasteiger partial charge in [-0.05, 0) is 30.7 Å². The number of aromatic nitrogens is 2. The minimum absolute atomic E-state index is 0.203. The van der Waals surface area contributed by atoms with Crippen molar-refractivity contribution in [3.8, 4) is 11.8 Å². The normalized spacial score (nSPS) is 9.67. The zero-order valence-electron chi connectivity index (χ0n) is 9.42. The zero-order chi connectivity index (χ0) is 13.0. The summed E-state index contributed by atoms with van der Waals surface area (Å²) in [5.41, 5.74) is 1.33. The van der Waals surface area contributed by atoms with Crippen LogP contribution in [0.25, 0.3) is 0 Å². The van der Waals surface area contributed by atoms with Crippen molar-refractivity contribution in [2.45, 2.75) is 6.92 Å². The molecule has 2 rings (SSSR count). The first kappa shape index (κ1) is 12.2. The predicted octanol–water partition coefficient (Wildman–Crippen LogP) is 3.20. The van der Waals surface area contributed by atoms with Gasteiger partial charge in [-0.25, -0.2) is 14.8 Å². The van der Waals surface area contributed by atoms with Crippen molar-refractivity contribution in [3.05, 3.63) is 41.2 Å². The molecule has 0 saturated carbocycles. The van der Waals surface area contributed by atoms with Crippen molar-refractivity contribution in [2.75, 3.05) is 0 Å². The fourth-order valence-corrected chi connectivity index (χ4v) is 1.42. The van der Waals surface area contributed by atoms with Gasteiger partial charge >= 0.3 is 6.01 Å². The summed E-state index contributed by atoms with van der Waals surface area (Å²) in [4.78, 5) is 21.5. The van der Waals surface area contributed by atoms with Gasteiger partial charge in [-0.2, -0.15) is 4.99 Å². The van der Waals surface area contributed by atoms with Gasteiger partial charge in [-0.3, -0.25) is 0 Å². The number of aliphatic imine (C=N–C) groups is 1. The number of nitrogens with zero attached hydrogens (tertiary/aromatic N) is 3. The molecule has 90 valence electrons. The van der Waals surface area contributed by atoms with E-state index in [1.807, 2.05) is 6.92 Å². The van der Waals surface area contributed by atoms with Gasteiger partial charge < -0.3 is 4.74 Å². The Bertz CT molecular complexity index is 607. The molecule has 0 atom stereocenters. The van der Waals surface area contributed by atoms with Crippen LogP contribution in [0.5, 0.6) is 11.8 Å². The molecule has 0 unspecified atom stereocenters. The standard InChI is InChI=1S/C12H8ClN3O2/c1-8-4-10(16-7-17)2-3-11(8)18-12-14-5-9(13)6-15-12/h2-6H,1H3. The lowest BCUT2D eigenvalue weighted by Crippen LogP contribution is -1.92. The second-order valence-corrected chi connectivity index (χ2v) is 3.88. The lowest BCUT2D eigenvalue weighted by atomic mass is 10.2. The van der Waals surface area contributed by atoms with E-state index in [0.29, 0.717) is 16.5 Å². The lowest BCUT2D eigenvalue weighted by molar-refractivity contribution is 0.438. The van der Waals surface area contributed by atoms with Crippen molar-refractivity contribution in [2.24, 2.45) is 4.99 Å². The van der Waals surface area contributed by atoms with Crippen molar-refractivity contribution in [3.63, 3.8) is 0 Å². The average Bonchev–Trinajstić information content (AvgIpc) is 2.36. The molecule has 0 saturated heterocycles. The predicted molar refractivity (Wildman–Crippen MR) is 66.1 cm³/mol. The molecule has 0 aliphatic carbocycles. The van der Waals surface area contributed by atoms with Gasteiger partial charge in [0.2, 0.25) is 6.08 Å². The summed E-state index contributed by atoms with van der Waals surface area (Å²) in [5.74, 6) is 0.585. The van der Waals surface area contributed by atoms with E-state index in [2.05, 4.69) is 15.0 Å². The van der Waals surface area contributed by atoms with Crippen LogP contribution >= 0.6 is 11.6 Å². The largest absolute Gasteiger partial charge is 0.424 e. The van der Waals surface area contributed by atoms with Gasteiger partial charge in [0.05, 0.1) is 23.1 Å². The summed E-state index contributed by atoms with van der Waals surface area (Å²) in [5, 5.41) is 0.440. The van der Waals surface area contributed by atoms with Crippen LogP contribution in [-0.2, 0) is 4.79 Å². The molecule has 18 heavy (non-hydrogen) atoms. The number of hydrogen-bond donors (Lipinski definition) is 0. The quantitative estimate of drug-likeness (QED) is 0.629. The summed E-state index contributed by atoms with van der Waals surface area (Å²) < 4.78 is 5.48. The van der Waals surface area contributed by atoms with Crippen LogP contribution in [0, 0.1) is 6.92 Å². The minimum atomic E-state index is 0.203. The highest BCUT2D eigenvalue weighted by Crippen LogP contribution is 2.26. The first-order valence-corrected chi connectivity index (χ1v) is 5.41. The van der Waals surface area contributed by atoms with E-state index in [-0.39, 0.29) is 6.01 Å². The average molecular weight is 262 g/mol. The molecule has 6 heteroatoms. The summed E-state index contributed by atoms with van der Waals surface area (Å²) in [6.45, 7) is 1.83. The number of carbonyl (C=O) groups excluding carboxylic acids is 1. The van der Waals surface area contributed by atoms with Gasteiger partial charge in [0.15, 0.2) is 0 Å². The Morgan fingerprint density at radius 1 is 1.33 bits per heavy atom. The third-order valence-corrected chi connectivity index (χ3v) is 2.33. The fraction of sp³-hybridized carbons (Fsp3) is 0.0833. The molecule has 1 heterocycles. The third-order valence-electron chi connectivity index (χ3n) is 2.13. The van der Waals surface area contributed by atoms with E-state index in [1.54, 1.807) is 18.2 Å². The van der Waals surface area contributed by atoms with E-state index in [9.17, 15) is 4.79 Å². The Kier molecular flexibility index (Phi) is 3.67.